The van der Waals surface area contributed by atoms with Crippen LogP contribution in [0.15, 0.2) is 67.3 Å². The number of aryl methyl sites for hydroxylation is 2. The van der Waals surface area contributed by atoms with Crippen molar-refractivity contribution >= 4 is 33.1 Å². The van der Waals surface area contributed by atoms with Crippen molar-refractivity contribution in [3.05, 3.63) is 83.4 Å². The van der Waals surface area contributed by atoms with E-state index in [2.05, 4.69) is 46.4 Å². The molecule has 3 aromatic carbocycles. The molecule has 124 valence electrons. The van der Waals surface area contributed by atoms with Crippen LogP contribution in [0.1, 0.15) is 24.0 Å². The highest BCUT2D eigenvalue weighted by Gasteiger charge is 2.13. The lowest BCUT2D eigenvalue weighted by atomic mass is 9.86. The van der Waals surface area contributed by atoms with Crippen molar-refractivity contribution < 1.29 is 0 Å². The lowest BCUT2D eigenvalue weighted by Gasteiger charge is -2.18. The lowest BCUT2D eigenvalue weighted by Crippen LogP contribution is -2.03. The zero-order valence-corrected chi connectivity index (χ0v) is 14.7. The molecular weight excluding hydrogens is 328 g/mol. The predicted octanol–water partition coefficient (Wildman–Crippen LogP) is 6.00. The maximum absolute atomic E-state index is 6.09. The van der Waals surface area contributed by atoms with Gasteiger partial charge in [0, 0.05) is 29.8 Å². The summed E-state index contributed by atoms with van der Waals surface area (Å²) in [6.45, 7) is 0. The molecule has 1 heterocycles. The molecule has 0 radical (unpaired) electrons. The Morgan fingerprint density at radius 3 is 2.12 bits per heavy atom. The fourth-order valence-electron chi connectivity index (χ4n) is 3.62. The number of fused-ring (bicyclic) bond motifs is 5. The van der Waals surface area contributed by atoms with Gasteiger partial charge < -0.3 is 0 Å². The maximum Gasteiger partial charge on any atom is 0.0451 e. The van der Waals surface area contributed by atoms with Gasteiger partial charge in [-0.15, -0.1) is 0 Å². The SMILES string of the molecule is Clc1ccc2c(ccc3c4c(ccc32)CCCC4)c1.c1cnccn1. The fourth-order valence-corrected chi connectivity index (χ4v) is 3.81. The molecule has 4 aromatic rings. The predicted molar refractivity (Wildman–Crippen MR) is 105 cm³/mol. The Balaban J connectivity index is 0.000000223. The summed E-state index contributed by atoms with van der Waals surface area (Å²) in [7, 11) is 0. The molecule has 0 N–H and O–H groups in total. The first kappa shape index (κ1) is 16.0. The van der Waals surface area contributed by atoms with Gasteiger partial charge in [-0.2, -0.15) is 0 Å². The van der Waals surface area contributed by atoms with Crippen LogP contribution >= 0.6 is 11.6 Å². The summed E-state index contributed by atoms with van der Waals surface area (Å²) in [5.74, 6) is 0. The highest BCUT2D eigenvalue weighted by molar-refractivity contribution is 6.31. The molecule has 1 aromatic heterocycles. The molecule has 0 bridgehead atoms. The van der Waals surface area contributed by atoms with Crippen LogP contribution in [0.5, 0.6) is 0 Å². The van der Waals surface area contributed by atoms with Crippen LogP contribution in [0.4, 0.5) is 0 Å². The number of hydrogen-bond acceptors (Lipinski definition) is 2. The quantitative estimate of drug-likeness (QED) is 0.365. The van der Waals surface area contributed by atoms with E-state index in [0.29, 0.717) is 0 Å². The molecule has 0 amide bonds. The number of hydrogen-bond donors (Lipinski definition) is 0. The second kappa shape index (κ2) is 7.20. The van der Waals surface area contributed by atoms with Crippen LogP contribution in [0.3, 0.4) is 0 Å². The Bertz CT molecular complexity index is 986. The molecule has 1 aliphatic rings. The second-order valence-corrected chi connectivity index (χ2v) is 6.77. The van der Waals surface area contributed by atoms with E-state index in [0.717, 1.165) is 5.02 Å². The third-order valence-corrected chi connectivity index (χ3v) is 5.02. The van der Waals surface area contributed by atoms with Crippen LogP contribution in [0.2, 0.25) is 5.02 Å². The summed E-state index contributed by atoms with van der Waals surface area (Å²) in [4.78, 5) is 7.44. The Kier molecular flexibility index (Phi) is 4.62. The number of rotatable bonds is 0. The molecule has 2 nitrogen and oxygen atoms in total. The van der Waals surface area contributed by atoms with Crippen LogP contribution in [-0.4, -0.2) is 9.97 Å². The van der Waals surface area contributed by atoms with E-state index in [1.807, 2.05) is 6.07 Å². The Morgan fingerprint density at radius 1 is 0.680 bits per heavy atom. The van der Waals surface area contributed by atoms with Gasteiger partial charge in [-0.25, -0.2) is 0 Å². The van der Waals surface area contributed by atoms with Crippen molar-refractivity contribution in [2.24, 2.45) is 0 Å². The van der Waals surface area contributed by atoms with E-state index in [4.69, 9.17) is 11.6 Å². The Hall–Kier alpha value is -2.45. The van der Waals surface area contributed by atoms with E-state index in [1.54, 1.807) is 35.9 Å². The van der Waals surface area contributed by atoms with Gasteiger partial charge >= 0.3 is 0 Å². The van der Waals surface area contributed by atoms with Gasteiger partial charge in [0.25, 0.3) is 0 Å². The third-order valence-electron chi connectivity index (χ3n) is 4.79. The summed E-state index contributed by atoms with van der Waals surface area (Å²) in [6.07, 6.45) is 11.7. The van der Waals surface area contributed by atoms with Crippen molar-refractivity contribution in [2.75, 3.05) is 0 Å². The smallest absolute Gasteiger partial charge is 0.0451 e. The molecule has 5 rings (SSSR count). The number of nitrogens with zero attached hydrogens (tertiary/aromatic N) is 2. The highest BCUT2D eigenvalue weighted by atomic mass is 35.5. The van der Waals surface area contributed by atoms with Gasteiger partial charge in [0.15, 0.2) is 0 Å². The van der Waals surface area contributed by atoms with Crippen molar-refractivity contribution in [2.45, 2.75) is 25.7 Å². The minimum Gasteiger partial charge on any atom is -0.262 e. The maximum atomic E-state index is 6.09. The van der Waals surface area contributed by atoms with E-state index >= 15 is 0 Å². The summed E-state index contributed by atoms with van der Waals surface area (Å²) >= 11 is 6.09. The molecule has 1 aliphatic carbocycles. The first-order valence-corrected chi connectivity index (χ1v) is 9.03. The van der Waals surface area contributed by atoms with Gasteiger partial charge in [0.05, 0.1) is 0 Å². The molecular formula is C22H19ClN2. The van der Waals surface area contributed by atoms with Crippen molar-refractivity contribution in [3.8, 4) is 0 Å². The highest BCUT2D eigenvalue weighted by Crippen LogP contribution is 2.33. The molecule has 0 aliphatic heterocycles. The molecule has 0 spiro atoms. The van der Waals surface area contributed by atoms with Gasteiger partial charge in [-0.05, 0) is 70.5 Å². The number of benzene rings is 3. The van der Waals surface area contributed by atoms with Crippen LogP contribution < -0.4 is 0 Å². The molecule has 3 heteroatoms. The molecule has 0 unspecified atom stereocenters. The van der Waals surface area contributed by atoms with Crippen LogP contribution in [-0.2, 0) is 12.8 Å². The summed E-state index contributed by atoms with van der Waals surface area (Å²) in [5, 5.41) is 6.16. The zero-order chi connectivity index (χ0) is 17.1. The van der Waals surface area contributed by atoms with E-state index in [1.165, 1.54) is 47.2 Å². The van der Waals surface area contributed by atoms with Gasteiger partial charge in [-0.3, -0.25) is 9.97 Å². The van der Waals surface area contributed by atoms with Crippen molar-refractivity contribution in [1.29, 1.82) is 0 Å². The number of aromatic nitrogens is 2. The minimum absolute atomic E-state index is 0.810. The van der Waals surface area contributed by atoms with E-state index in [9.17, 15) is 0 Å². The molecule has 0 saturated carbocycles. The summed E-state index contributed by atoms with van der Waals surface area (Å²) < 4.78 is 0. The van der Waals surface area contributed by atoms with Gasteiger partial charge in [-0.1, -0.05) is 41.9 Å². The normalized spacial score (nSPS) is 13.2. The average Bonchev–Trinajstić information content (AvgIpc) is 2.69. The topological polar surface area (TPSA) is 25.8 Å². The second-order valence-electron chi connectivity index (χ2n) is 6.33. The van der Waals surface area contributed by atoms with Gasteiger partial charge in [0.1, 0.15) is 0 Å². The average molecular weight is 347 g/mol. The summed E-state index contributed by atoms with van der Waals surface area (Å²) in [6, 6.07) is 15.3. The standard InChI is InChI=1S/C18H15Cl.C4H4N2/c19-14-7-10-16-13(11-14)6-9-17-15-4-2-1-3-12(15)5-8-18(16)17;1-2-6-4-3-5-1/h5-11H,1-4H2;1-4H. The van der Waals surface area contributed by atoms with Crippen LogP contribution in [0.25, 0.3) is 21.5 Å². The molecule has 25 heavy (non-hydrogen) atoms. The Morgan fingerprint density at radius 2 is 1.36 bits per heavy atom. The number of halogens is 1. The van der Waals surface area contributed by atoms with Gasteiger partial charge in [0.2, 0.25) is 0 Å². The van der Waals surface area contributed by atoms with Crippen molar-refractivity contribution in [1.82, 2.24) is 9.97 Å². The van der Waals surface area contributed by atoms with Crippen LogP contribution in [0, 0.1) is 0 Å². The Labute approximate surface area is 152 Å². The monoisotopic (exact) mass is 346 g/mol. The zero-order valence-electron chi connectivity index (χ0n) is 14.0. The fraction of sp³-hybridized carbons (Fsp3) is 0.182. The first-order valence-electron chi connectivity index (χ1n) is 8.65. The molecule has 0 saturated heterocycles. The van der Waals surface area contributed by atoms with E-state index in [-0.39, 0.29) is 0 Å². The van der Waals surface area contributed by atoms with Crippen molar-refractivity contribution in [3.63, 3.8) is 0 Å². The molecule has 0 fully saturated rings. The lowest BCUT2D eigenvalue weighted by molar-refractivity contribution is 0.690. The molecule has 0 atom stereocenters. The van der Waals surface area contributed by atoms with E-state index < -0.39 is 0 Å². The minimum atomic E-state index is 0.810. The first-order chi connectivity index (χ1) is 12.3. The largest absolute Gasteiger partial charge is 0.262 e. The third kappa shape index (κ3) is 3.35. The summed E-state index contributed by atoms with van der Waals surface area (Å²) in [5.41, 5.74) is 3.12.